The minimum atomic E-state index is -0.230. The maximum absolute atomic E-state index is 11.9. The molecule has 0 fully saturated rings. The molecule has 6 nitrogen and oxygen atoms in total. The van der Waals surface area contributed by atoms with E-state index in [-0.39, 0.29) is 12.4 Å². The van der Waals surface area contributed by atoms with E-state index >= 15 is 0 Å². The average Bonchev–Trinajstić information content (AvgIpc) is 2.85. The summed E-state index contributed by atoms with van der Waals surface area (Å²) in [5.41, 5.74) is 3.83. The van der Waals surface area contributed by atoms with Gasteiger partial charge in [-0.2, -0.15) is 0 Å². The lowest BCUT2D eigenvalue weighted by Gasteiger charge is -2.09. The molecule has 0 aliphatic rings. The monoisotopic (exact) mass is 290 g/mol. The fraction of sp³-hybridized carbons (Fsp3) is 0.400. The van der Waals surface area contributed by atoms with Crippen molar-refractivity contribution in [3.8, 4) is 0 Å². The number of aromatic amines is 1. The summed E-state index contributed by atoms with van der Waals surface area (Å²) in [5.74, 6) is 0.601. The molecule has 0 amide bonds. The van der Waals surface area contributed by atoms with Crippen LogP contribution in [0.1, 0.15) is 12.5 Å². The van der Waals surface area contributed by atoms with E-state index in [0.29, 0.717) is 6.61 Å². The highest BCUT2D eigenvalue weighted by molar-refractivity contribution is 6.06. The Balaban J connectivity index is 2.63. The molecule has 6 heteroatoms. The second-order valence-corrected chi connectivity index (χ2v) is 4.62. The van der Waals surface area contributed by atoms with Crippen LogP contribution < -0.4 is 16.0 Å². The molecule has 0 bridgehead atoms. The van der Waals surface area contributed by atoms with Crippen molar-refractivity contribution in [1.82, 2.24) is 4.98 Å². The number of hydrogen-bond acceptors (Lipinski definition) is 5. The van der Waals surface area contributed by atoms with Gasteiger partial charge in [-0.05, 0) is 19.1 Å². The first-order valence-electron chi connectivity index (χ1n) is 7.02. The lowest BCUT2D eigenvalue weighted by molar-refractivity contribution is -0.142. The lowest BCUT2D eigenvalue weighted by atomic mass is 10.1. The highest BCUT2D eigenvalue weighted by Gasteiger charge is 2.19. The molecule has 1 aromatic heterocycles. The fourth-order valence-electron chi connectivity index (χ4n) is 2.53. The fourth-order valence-corrected chi connectivity index (χ4v) is 2.53. The number of carbonyl (C=O) groups is 1. The zero-order valence-corrected chi connectivity index (χ0v) is 12.9. The van der Waals surface area contributed by atoms with Crippen LogP contribution in [0.4, 0.5) is 17.2 Å². The van der Waals surface area contributed by atoms with Gasteiger partial charge in [-0.1, -0.05) is 0 Å². The van der Waals surface area contributed by atoms with Crippen molar-refractivity contribution in [2.45, 2.75) is 13.3 Å². The molecule has 1 heterocycles. The number of benzene rings is 1. The van der Waals surface area contributed by atoms with E-state index in [1.807, 2.05) is 40.2 Å². The molecular formula is C15H22N4O2. The number of esters is 1. The summed E-state index contributed by atoms with van der Waals surface area (Å²) in [4.78, 5) is 15.2. The quantitative estimate of drug-likeness (QED) is 0.615. The number of H-pyrrole nitrogens is 1. The Kier molecular flexibility index (Phi) is 4.57. The standard InChI is InChI=1S/C15H22N4O2/c1-5-21-12(20)8-9-13-10(16-2)6-7-11(17-3)14(13)19-15(9)18-4/h6-7,16-19H,5,8H2,1-4H3. The number of nitrogens with one attached hydrogen (secondary N) is 4. The Hall–Kier alpha value is -2.37. The van der Waals surface area contributed by atoms with Gasteiger partial charge in [0.15, 0.2) is 0 Å². The van der Waals surface area contributed by atoms with Crippen molar-refractivity contribution in [1.29, 1.82) is 0 Å². The highest BCUT2D eigenvalue weighted by atomic mass is 16.5. The number of ether oxygens (including phenoxy) is 1. The van der Waals surface area contributed by atoms with Crippen LogP contribution in [-0.2, 0) is 16.0 Å². The summed E-state index contributed by atoms with van der Waals surface area (Å²) in [6, 6.07) is 3.99. The van der Waals surface area contributed by atoms with Crippen LogP contribution in [-0.4, -0.2) is 38.7 Å². The number of rotatable bonds is 6. The molecule has 2 rings (SSSR count). The van der Waals surface area contributed by atoms with Crippen molar-refractivity contribution in [3.05, 3.63) is 17.7 Å². The number of carbonyl (C=O) groups excluding carboxylic acids is 1. The van der Waals surface area contributed by atoms with Crippen LogP contribution in [0.3, 0.4) is 0 Å². The minimum Gasteiger partial charge on any atom is -0.466 e. The van der Waals surface area contributed by atoms with Crippen molar-refractivity contribution in [3.63, 3.8) is 0 Å². The molecule has 1 aromatic carbocycles. The smallest absolute Gasteiger partial charge is 0.310 e. The normalized spacial score (nSPS) is 10.5. The third kappa shape index (κ3) is 2.74. The number of fused-ring (bicyclic) bond motifs is 1. The van der Waals surface area contributed by atoms with Gasteiger partial charge in [-0.3, -0.25) is 4.79 Å². The Morgan fingerprint density at radius 1 is 1.14 bits per heavy atom. The predicted octanol–water partition coefficient (Wildman–Crippen LogP) is 2.40. The molecule has 21 heavy (non-hydrogen) atoms. The first-order valence-corrected chi connectivity index (χ1v) is 7.02. The van der Waals surface area contributed by atoms with Gasteiger partial charge in [0.25, 0.3) is 0 Å². The van der Waals surface area contributed by atoms with Crippen molar-refractivity contribution in [2.24, 2.45) is 0 Å². The van der Waals surface area contributed by atoms with Gasteiger partial charge in [-0.25, -0.2) is 0 Å². The largest absolute Gasteiger partial charge is 0.466 e. The van der Waals surface area contributed by atoms with Gasteiger partial charge in [-0.15, -0.1) is 0 Å². The molecule has 0 saturated carbocycles. The number of hydrogen-bond donors (Lipinski definition) is 4. The van der Waals surface area contributed by atoms with E-state index in [9.17, 15) is 4.79 Å². The van der Waals surface area contributed by atoms with Crippen molar-refractivity contribution >= 4 is 34.1 Å². The van der Waals surface area contributed by atoms with Gasteiger partial charge in [0.1, 0.15) is 5.82 Å². The van der Waals surface area contributed by atoms with Gasteiger partial charge < -0.3 is 25.7 Å². The third-order valence-corrected chi connectivity index (χ3v) is 3.47. The summed E-state index contributed by atoms with van der Waals surface area (Å²) < 4.78 is 5.08. The molecule has 0 spiro atoms. The van der Waals surface area contributed by atoms with Crippen LogP contribution in [0.2, 0.25) is 0 Å². The lowest BCUT2D eigenvalue weighted by Crippen LogP contribution is -2.09. The second-order valence-electron chi connectivity index (χ2n) is 4.62. The molecule has 0 saturated heterocycles. The Labute approximate surface area is 124 Å². The van der Waals surface area contributed by atoms with Crippen LogP contribution in [0, 0.1) is 0 Å². The summed E-state index contributed by atoms with van der Waals surface area (Å²) in [5, 5.41) is 10.5. The summed E-state index contributed by atoms with van der Waals surface area (Å²) in [6.07, 6.45) is 0.228. The Morgan fingerprint density at radius 2 is 1.81 bits per heavy atom. The topological polar surface area (TPSA) is 78.2 Å². The number of aromatic nitrogens is 1. The molecule has 0 aliphatic heterocycles. The molecule has 0 unspecified atom stereocenters. The van der Waals surface area contributed by atoms with Crippen molar-refractivity contribution in [2.75, 3.05) is 43.7 Å². The molecule has 0 radical (unpaired) electrons. The molecule has 2 aromatic rings. The van der Waals surface area contributed by atoms with Gasteiger partial charge >= 0.3 is 5.97 Å². The molecule has 0 atom stereocenters. The van der Waals surface area contributed by atoms with Crippen LogP contribution in [0.15, 0.2) is 12.1 Å². The predicted molar refractivity (Wildman–Crippen MR) is 87.3 cm³/mol. The Morgan fingerprint density at radius 3 is 2.38 bits per heavy atom. The van der Waals surface area contributed by atoms with E-state index in [1.165, 1.54) is 0 Å². The molecule has 114 valence electrons. The minimum absolute atomic E-state index is 0.228. The van der Waals surface area contributed by atoms with Gasteiger partial charge in [0.05, 0.1) is 24.2 Å². The van der Waals surface area contributed by atoms with E-state index in [0.717, 1.165) is 33.7 Å². The third-order valence-electron chi connectivity index (χ3n) is 3.47. The van der Waals surface area contributed by atoms with E-state index < -0.39 is 0 Å². The zero-order chi connectivity index (χ0) is 15.4. The second kappa shape index (κ2) is 6.39. The summed E-state index contributed by atoms with van der Waals surface area (Å²) >= 11 is 0. The summed E-state index contributed by atoms with van der Waals surface area (Å²) in [7, 11) is 5.57. The average molecular weight is 290 g/mol. The zero-order valence-electron chi connectivity index (χ0n) is 12.9. The van der Waals surface area contributed by atoms with Gasteiger partial charge in [0.2, 0.25) is 0 Å². The maximum atomic E-state index is 11.9. The van der Waals surface area contributed by atoms with E-state index in [4.69, 9.17) is 4.74 Å². The van der Waals surface area contributed by atoms with E-state index in [1.54, 1.807) is 0 Å². The number of anilines is 3. The SMILES string of the molecule is CCOC(=O)Cc1c(NC)[nH]c2c(NC)ccc(NC)c12. The summed E-state index contributed by atoms with van der Waals surface area (Å²) in [6.45, 7) is 2.20. The first kappa shape index (κ1) is 15.0. The van der Waals surface area contributed by atoms with Crippen molar-refractivity contribution < 1.29 is 9.53 Å². The van der Waals surface area contributed by atoms with Crippen LogP contribution in [0.5, 0.6) is 0 Å². The maximum Gasteiger partial charge on any atom is 0.310 e. The molecule has 4 N–H and O–H groups in total. The molecule has 0 aliphatic carbocycles. The van der Waals surface area contributed by atoms with Crippen LogP contribution in [0.25, 0.3) is 10.9 Å². The van der Waals surface area contributed by atoms with Crippen LogP contribution >= 0.6 is 0 Å². The molecular weight excluding hydrogens is 268 g/mol. The van der Waals surface area contributed by atoms with Gasteiger partial charge in [0, 0.05) is 37.8 Å². The van der Waals surface area contributed by atoms with E-state index in [2.05, 4.69) is 20.9 Å². The highest BCUT2D eigenvalue weighted by Crippen LogP contribution is 2.36. The first-order chi connectivity index (χ1) is 10.2. The Bertz CT molecular complexity index is 649.